The van der Waals surface area contributed by atoms with Crippen molar-refractivity contribution in [3.63, 3.8) is 0 Å². The lowest BCUT2D eigenvalue weighted by Crippen LogP contribution is -2.45. The summed E-state index contributed by atoms with van der Waals surface area (Å²) in [5.74, 6) is -1.27. The van der Waals surface area contributed by atoms with Crippen LogP contribution in [0.25, 0.3) is 0 Å². The summed E-state index contributed by atoms with van der Waals surface area (Å²) in [7, 11) is 7.31. The first-order valence-corrected chi connectivity index (χ1v) is 16.4. The Morgan fingerprint density at radius 3 is 2.35 bits per heavy atom. The van der Waals surface area contributed by atoms with E-state index in [2.05, 4.69) is 24.0 Å². The molecule has 1 aliphatic rings. The molecule has 0 aliphatic heterocycles. The van der Waals surface area contributed by atoms with Gasteiger partial charge in [-0.25, -0.2) is 0 Å². The molecule has 0 saturated carbocycles. The topological polar surface area (TPSA) is 117 Å². The molecule has 2 unspecified atom stereocenters. The highest BCUT2D eigenvalue weighted by Gasteiger charge is 2.45. The number of carbonyl (C=O) groups excluding carboxylic acids is 2. The minimum absolute atomic E-state index is 0.0142. The Labute approximate surface area is 277 Å². The molecule has 1 aromatic carbocycles. The number of nitrogens with zero attached hydrogens (tertiary/aromatic N) is 4. The van der Waals surface area contributed by atoms with Crippen molar-refractivity contribution < 1.29 is 19.5 Å². The van der Waals surface area contributed by atoms with Gasteiger partial charge in [0.15, 0.2) is 0 Å². The maximum absolute atomic E-state index is 13.4. The Morgan fingerprint density at radius 2 is 1.80 bits per heavy atom. The van der Waals surface area contributed by atoms with E-state index in [0.29, 0.717) is 36.9 Å². The molecular formula is C37H57N5O4. The fraction of sp³-hybridized carbons (Fsp3) is 0.568. The predicted octanol–water partition coefficient (Wildman–Crippen LogP) is 5.93. The van der Waals surface area contributed by atoms with Crippen LogP contribution in [0.3, 0.4) is 0 Å². The molecule has 1 aromatic rings. The number of carbonyl (C=O) groups is 3. The number of hydrogen-bond acceptors (Lipinski definition) is 6. The van der Waals surface area contributed by atoms with E-state index >= 15 is 0 Å². The maximum Gasteiger partial charge on any atom is 0.318 e. The van der Waals surface area contributed by atoms with Crippen molar-refractivity contribution in [2.24, 2.45) is 0 Å². The number of amides is 2. The molecular weight excluding hydrogens is 578 g/mol. The van der Waals surface area contributed by atoms with Gasteiger partial charge >= 0.3 is 5.97 Å². The summed E-state index contributed by atoms with van der Waals surface area (Å²) in [5.41, 5.74) is 4.67. The average Bonchev–Trinajstić information content (AvgIpc) is 3.15. The molecule has 0 bridgehead atoms. The van der Waals surface area contributed by atoms with Crippen molar-refractivity contribution in [3.05, 3.63) is 70.0 Å². The normalized spacial score (nSPS) is 16.6. The van der Waals surface area contributed by atoms with Gasteiger partial charge in [0.05, 0.1) is 12.6 Å². The summed E-state index contributed by atoms with van der Waals surface area (Å²) >= 11 is 0. The van der Waals surface area contributed by atoms with E-state index in [9.17, 15) is 24.8 Å². The molecule has 1 aliphatic carbocycles. The van der Waals surface area contributed by atoms with E-state index in [4.69, 9.17) is 0 Å². The molecule has 9 heteroatoms. The van der Waals surface area contributed by atoms with Crippen molar-refractivity contribution in [1.82, 2.24) is 20.0 Å². The van der Waals surface area contributed by atoms with Gasteiger partial charge in [-0.05, 0) is 94.7 Å². The molecule has 0 fully saturated rings. The van der Waals surface area contributed by atoms with Crippen molar-refractivity contribution >= 4 is 17.8 Å². The summed E-state index contributed by atoms with van der Waals surface area (Å²) in [4.78, 5) is 44.2. The smallest absolute Gasteiger partial charge is 0.318 e. The van der Waals surface area contributed by atoms with Crippen LogP contribution in [0.5, 0.6) is 0 Å². The average molecular weight is 636 g/mol. The van der Waals surface area contributed by atoms with Gasteiger partial charge in [-0.15, -0.1) is 0 Å². The van der Waals surface area contributed by atoms with E-state index in [1.807, 2.05) is 59.7 Å². The second-order valence-corrected chi connectivity index (χ2v) is 12.1. The van der Waals surface area contributed by atoms with E-state index in [1.165, 1.54) is 4.90 Å². The lowest BCUT2D eigenvalue weighted by Gasteiger charge is -2.34. The van der Waals surface area contributed by atoms with Crippen LogP contribution in [0.4, 0.5) is 0 Å². The zero-order valence-corrected chi connectivity index (χ0v) is 29.9. The molecule has 0 saturated heterocycles. The molecule has 2 rings (SSSR count). The van der Waals surface area contributed by atoms with Gasteiger partial charge < -0.3 is 25.1 Å². The summed E-state index contributed by atoms with van der Waals surface area (Å²) in [5, 5.41) is 23.5. The van der Waals surface area contributed by atoms with Gasteiger partial charge in [0, 0.05) is 46.0 Å². The highest BCUT2D eigenvalue weighted by atomic mass is 16.4. The Hall–Kier alpha value is -3.90. The first-order valence-electron chi connectivity index (χ1n) is 16.4. The predicted molar refractivity (Wildman–Crippen MR) is 187 cm³/mol. The first kappa shape index (κ1) is 40.1. The highest BCUT2D eigenvalue weighted by Crippen LogP contribution is 2.44. The number of aryl methyl sites for hydroxylation is 1. The minimum atomic E-state index is -1.33. The number of benzene rings is 1. The largest absolute Gasteiger partial charge is 0.480 e. The number of fused-ring (bicyclic) bond motifs is 1. The van der Waals surface area contributed by atoms with E-state index in [0.717, 1.165) is 40.8 Å². The molecule has 2 N–H and O–H groups in total. The van der Waals surface area contributed by atoms with Crippen LogP contribution in [-0.4, -0.2) is 91.5 Å². The van der Waals surface area contributed by atoms with Crippen LogP contribution in [0, 0.1) is 11.3 Å². The van der Waals surface area contributed by atoms with Gasteiger partial charge in [0.1, 0.15) is 11.5 Å². The van der Waals surface area contributed by atoms with Gasteiger partial charge in [0.25, 0.3) is 5.91 Å². The van der Waals surface area contributed by atoms with Crippen molar-refractivity contribution in [2.45, 2.75) is 91.5 Å². The third kappa shape index (κ3) is 9.80. The van der Waals surface area contributed by atoms with Gasteiger partial charge in [-0.3, -0.25) is 14.4 Å². The molecule has 0 heterocycles. The number of rotatable bonds is 15. The molecule has 9 nitrogen and oxygen atoms in total. The number of likely N-dealkylation sites (N-methyl/N-ethyl adjacent to an activating group) is 1. The monoisotopic (exact) mass is 635 g/mol. The molecule has 254 valence electrons. The Kier molecular flexibility index (Phi) is 16.5. The van der Waals surface area contributed by atoms with Crippen LogP contribution < -0.4 is 5.32 Å². The quantitative estimate of drug-likeness (QED) is 0.139. The van der Waals surface area contributed by atoms with Crippen LogP contribution >= 0.6 is 0 Å². The van der Waals surface area contributed by atoms with Crippen LogP contribution in [-0.2, 0) is 21.4 Å². The molecule has 0 aromatic heterocycles. The molecule has 0 spiro atoms. The summed E-state index contributed by atoms with van der Waals surface area (Å²) in [6, 6.07) is 6.97. The number of carboxylic acid groups (broad SMARTS) is 1. The van der Waals surface area contributed by atoms with Crippen molar-refractivity contribution in [3.8, 4) is 6.07 Å². The van der Waals surface area contributed by atoms with Crippen molar-refractivity contribution in [1.29, 1.82) is 5.26 Å². The number of nitrogens with one attached hydrogen (secondary N) is 1. The van der Waals surface area contributed by atoms with E-state index in [1.54, 1.807) is 38.1 Å². The fourth-order valence-electron chi connectivity index (χ4n) is 5.95. The Bertz CT molecular complexity index is 1340. The Balaban J connectivity index is 0.00000518. The molecule has 0 radical (unpaired) electrons. The van der Waals surface area contributed by atoms with Gasteiger partial charge in [0.2, 0.25) is 5.91 Å². The van der Waals surface area contributed by atoms with Gasteiger partial charge in [-0.1, -0.05) is 50.6 Å². The number of aliphatic carboxylic acids is 1. The second-order valence-electron chi connectivity index (χ2n) is 12.1. The van der Waals surface area contributed by atoms with Crippen LogP contribution in [0.2, 0.25) is 0 Å². The number of hydrogen-bond donors (Lipinski definition) is 2. The first-order chi connectivity index (χ1) is 21.7. The number of nitriles is 1. The summed E-state index contributed by atoms with van der Waals surface area (Å²) in [6.45, 7) is 16.5. The zero-order chi connectivity index (χ0) is 35.2. The highest BCUT2D eigenvalue weighted by molar-refractivity contribution is 5.95. The Morgan fingerprint density at radius 1 is 1.15 bits per heavy atom. The lowest BCUT2D eigenvalue weighted by atomic mass is 9.69. The van der Waals surface area contributed by atoms with Crippen LogP contribution in [0.1, 0.15) is 95.1 Å². The molecule has 46 heavy (non-hydrogen) atoms. The lowest BCUT2D eigenvalue weighted by molar-refractivity contribution is -0.142. The van der Waals surface area contributed by atoms with Gasteiger partial charge in [-0.2, -0.15) is 5.26 Å². The third-order valence-electron chi connectivity index (χ3n) is 8.73. The maximum atomic E-state index is 13.4. The minimum Gasteiger partial charge on any atom is -0.480 e. The van der Waals surface area contributed by atoms with E-state index < -0.39 is 17.4 Å². The second kappa shape index (κ2) is 18.9. The van der Waals surface area contributed by atoms with E-state index in [-0.39, 0.29) is 31.3 Å². The molecule has 2 atom stereocenters. The standard InChI is InChI=1S/C35H51N5O4.C2H6/c1-10-20-40(25(3)22-36)32(41)23-37-19-18-35(34(43)44)26(4)28(13-11-12-24(2)27(5)38(6)7)14-15-29-21-30(16-17-31(29)35)33(42)39(8)9;1-2/h12,16-17,21,25,37H,5,10-11,13-15,18-20,23H2,1-4,6-9H3,(H,43,44);1-2H3/b24-12+;. The van der Waals surface area contributed by atoms with Crippen LogP contribution in [0.15, 0.2) is 53.3 Å². The van der Waals surface area contributed by atoms with Crippen molar-refractivity contribution in [2.75, 3.05) is 47.8 Å². The summed E-state index contributed by atoms with van der Waals surface area (Å²) in [6.07, 6.45) is 5.89. The fourth-order valence-corrected chi connectivity index (χ4v) is 5.95. The third-order valence-corrected chi connectivity index (χ3v) is 8.73. The number of allylic oxidation sites excluding steroid dienone is 3. The zero-order valence-electron chi connectivity index (χ0n) is 29.9. The molecule has 2 amide bonds. The number of carboxylic acids is 1. The SMILES string of the molecule is C=C(/C(C)=C/CCC1=C(C)C(CCNCC(=O)N(CCC)C(C)C#N)(C(=O)O)c2ccc(C(=O)N(C)C)cc2CC1)N(C)C.CC. The summed E-state index contributed by atoms with van der Waals surface area (Å²) < 4.78 is 0.